The van der Waals surface area contributed by atoms with Crippen LogP contribution in [0.25, 0.3) is 0 Å². The second-order valence-corrected chi connectivity index (χ2v) is 10.7. The zero-order chi connectivity index (χ0) is 26.6. The number of benzene rings is 1. The van der Waals surface area contributed by atoms with Crippen molar-refractivity contribution in [3.63, 3.8) is 0 Å². The molecule has 3 aromatic rings. The lowest BCUT2D eigenvalue weighted by Gasteiger charge is -2.40. The number of likely N-dealkylation sites (N-methyl/N-ethyl adjacent to an activating group) is 1. The molecular formula is C24H27F3N6O3S. The average Bonchev–Trinajstić information content (AvgIpc) is 2.84. The molecule has 2 heterocycles. The molecule has 0 saturated heterocycles. The minimum atomic E-state index is -4.74. The first-order valence-corrected chi connectivity index (χ1v) is 13.0. The number of nitrogens with one attached hydrogen (secondary N) is 2. The van der Waals surface area contributed by atoms with Crippen molar-refractivity contribution < 1.29 is 26.3 Å². The fourth-order valence-electron chi connectivity index (χ4n) is 4.52. The smallest absolute Gasteiger partial charge is 0.406 e. The maximum atomic E-state index is 12.6. The van der Waals surface area contributed by atoms with Crippen molar-refractivity contribution in [3.05, 3.63) is 66.7 Å². The molecule has 0 radical (unpaired) electrons. The summed E-state index contributed by atoms with van der Waals surface area (Å²) in [6.07, 6.45) is 1.43. The third-order valence-corrected chi connectivity index (χ3v) is 7.58. The Morgan fingerprint density at radius 3 is 2.51 bits per heavy atom. The number of aromatic nitrogens is 3. The maximum Gasteiger partial charge on any atom is 0.573 e. The van der Waals surface area contributed by atoms with Crippen LogP contribution in [0.15, 0.2) is 66.1 Å². The van der Waals surface area contributed by atoms with E-state index in [0.717, 1.165) is 24.8 Å². The van der Waals surface area contributed by atoms with Crippen LogP contribution in [0, 0.1) is 0 Å². The van der Waals surface area contributed by atoms with Crippen molar-refractivity contribution >= 4 is 21.7 Å². The van der Waals surface area contributed by atoms with E-state index in [-0.39, 0.29) is 34.5 Å². The number of anilines is 2. The van der Waals surface area contributed by atoms with E-state index in [9.17, 15) is 21.6 Å². The number of sulfonamides is 1. The molecule has 0 aliphatic heterocycles. The summed E-state index contributed by atoms with van der Waals surface area (Å²) < 4.78 is 69.6. The molecule has 4 rings (SSSR count). The van der Waals surface area contributed by atoms with Crippen LogP contribution in [0.3, 0.4) is 0 Å². The summed E-state index contributed by atoms with van der Waals surface area (Å²) in [4.78, 5) is 14.0. The standard InChI is InChI=1S/C24H27F3N6O3S/c1-33(2)21-13-17(16-4-3-5-18(12-16)36-24(25,26)27)6-8-20(21)31-22-9-7-19(14-29-22)37(34,35)32-23-10-11-28-15-30-23/h3-5,7,9-12,14-15,17,20-21H,6,8,13H2,1-2H3,(H,29,31)(H,28,30,32)/t17-,20-,21-/m0/s1. The summed E-state index contributed by atoms with van der Waals surface area (Å²) >= 11 is 0. The zero-order valence-electron chi connectivity index (χ0n) is 20.2. The van der Waals surface area contributed by atoms with E-state index in [0.29, 0.717) is 5.82 Å². The van der Waals surface area contributed by atoms with E-state index in [1.54, 1.807) is 12.1 Å². The molecule has 1 aliphatic rings. The van der Waals surface area contributed by atoms with Crippen LogP contribution < -0.4 is 14.8 Å². The molecule has 1 aliphatic carbocycles. The molecule has 13 heteroatoms. The van der Waals surface area contributed by atoms with E-state index in [1.807, 2.05) is 20.2 Å². The van der Waals surface area contributed by atoms with Crippen molar-refractivity contribution in [1.82, 2.24) is 19.9 Å². The molecule has 0 bridgehead atoms. The van der Waals surface area contributed by atoms with Crippen LogP contribution in [0.1, 0.15) is 30.7 Å². The lowest BCUT2D eigenvalue weighted by atomic mass is 9.78. The quantitative estimate of drug-likeness (QED) is 0.440. The van der Waals surface area contributed by atoms with Gasteiger partial charge in [-0.1, -0.05) is 12.1 Å². The van der Waals surface area contributed by atoms with E-state index in [2.05, 4.69) is 34.6 Å². The maximum absolute atomic E-state index is 12.6. The molecule has 37 heavy (non-hydrogen) atoms. The van der Waals surface area contributed by atoms with E-state index in [1.165, 1.54) is 43.0 Å². The number of ether oxygens (including phenoxy) is 1. The third-order valence-electron chi connectivity index (χ3n) is 6.24. The van der Waals surface area contributed by atoms with Gasteiger partial charge in [-0.25, -0.2) is 23.4 Å². The molecule has 2 N–H and O–H groups in total. The van der Waals surface area contributed by atoms with Crippen LogP contribution >= 0.6 is 0 Å². The Bertz CT molecular complexity index is 1290. The SMILES string of the molecule is CN(C)[C@H]1C[C@@H](c2cccc(OC(F)(F)F)c2)CC[C@@H]1Nc1ccc(S(=O)(=O)Nc2ccncn2)cn1. The molecule has 0 unspecified atom stereocenters. The number of hydrogen-bond acceptors (Lipinski definition) is 8. The summed E-state index contributed by atoms with van der Waals surface area (Å²) in [5.74, 6) is 0.519. The van der Waals surface area contributed by atoms with Crippen molar-refractivity contribution in [2.75, 3.05) is 24.1 Å². The molecule has 9 nitrogen and oxygen atoms in total. The summed E-state index contributed by atoms with van der Waals surface area (Å²) in [6, 6.07) is 10.7. The number of rotatable bonds is 8. The number of alkyl halides is 3. The van der Waals surface area contributed by atoms with E-state index < -0.39 is 16.4 Å². The van der Waals surface area contributed by atoms with Gasteiger partial charge in [0.2, 0.25) is 0 Å². The van der Waals surface area contributed by atoms with Crippen LogP contribution in [-0.4, -0.2) is 60.8 Å². The minimum Gasteiger partial charge on any atom is -0.406 e. The number of halogens is 3. The molecule has 0 amide bonds. The second-order valence-electron chi connectivity index (χ2n) is 8.99. The van der Waals surface area contributed by atoms with E-state index in [4.69, 9.17) is 0 Å². The molecule has 2 aromatic heterocycles. The number of pyridine rings is 1. The third kappa shape index (κ3) is 7.07. The van der Waals surface area contributed by atoms with Gasteiger partial charge in [0.15, 0.2) is 0 Å². The summed E-state index contributed by atoms with van der Waals surface area (Å²) in [7, 11) is 0.0426. The zero-order valence-corrected chi connectivity index (χ0v) is 21.0. The Balaban J connectivity index is 1.42. The van der Waals surface area contributed by atoms with Gasteiger partial charge in [-0.15, -0.1) is 13.2 Å². The Morgan fingerprint density at radius 1 is 1.05 bits per heavy atom. The van der Waals surface area contributed by atoms with Gasteiger partial charge in [0.05, 0.1) is 0 Å². The summed E-state index contributed by atoms with van der Waals surface area (Å²) in [5, 5.41) is 3.39. The molecular weight excluding hydrogens is 509 g/mol. The van der Waals surface area contributed by atoms with Gasteiger partial charge in [-0.2, -0.15) is 0 Å². The van der Waals surface area contributed by atoms with Crippen LogP contribution in [0.5, 0.6) is 5.75 Å². The highest BCUT2D eigenvalue weighted by Gasteiger charge is 2.34. The topological polar surface area (TPSA) is 109 Å². The summed E-state index contributed by atoms with van der Waals surface area (Å²) in [5.41, 5.74) is 0.802. The predicted molar refractivity (Wildman–Crippen MR) is 132 cm³/mol. The molecule has 0 spiro atoms. The minimum absolute atomic E-state index is 0.00881. The van der Waals surface area contributed by atoms with Crippen molar-refractivity contribution in [3.8, 4) is 5.75 Å². The Hall–Kier alpha value is -3.45. The Morgan fingerprint density at radius 2 is 1.86 bits per heavy atom. The van der Waals surface area contributed by atoms with Crippen molar-refractivity contribution in [1.29, 1.82) is 0 Å². The monoisotopic (exact) mass is 536 g/mol. The number of hydrogen-bond donors (Lipinski definition) is 2. The highest BCUT2D eigenvalue weighted by Crippen LogP contribution is 2.37. The highest BCUT2D eigenvalue weighted by molar-refractivity contribution is 7.92. The molecule has 198 valence electrons. The van der Waals surface area contributed by atoms with Crippen LogP contribution in [0.2, 0.25) is 0 Å². The first-order chi connectivity index (χ1) is 17.5. The highest BCUT2D eigenvalue weighted by atomic mass is 32.2. The summed E-state index contributed by atoms with van der Waals surface area (Å²) in [6.45, 7) is 0. The van der Waals surface area contributed by atoms with Gasteiger partial charge in [0, 0.05) is 24.5 Å². The Labute approximate surface area is 213 Å². The normalized spacial score (nSPS) is 20.4. The Kier molecular flexibility index (Phi) is 7.83. The average molecular weight is 537 g/mol. The van der Waals surface area contributed by atoms with Crippen molar-refractivity contribution in [2.24, 2.45) is 0 Å². The van der Waals surface area contributed by atoms with Gasteiger partial charge in [-0.3, -0.25) is 4.72 Å². The first-order valence-electron chi connectivity index (χ1n) is 11.5. The lowest BCUT2D eigenvalue weighted by Crippen LogP contribution is -2.47. The molecule has 1 fully saturated rings. The molecule has 1 saturated carbocycles. The lowest BCUT2D eigenvalue weighted by molar-refractivity contribution is -0.274. The van der Waals surface area contributed by atoms with E-state index >= 15 is 0 Å². The van der Waals surface area contributed by atoms with Gasteiger partial charge in [0.25, 0.3) is 10.0 Å². The van der Waals surface area contributed by atoms with Gasteiger partial charge in [-0.05, 0) is 75.2 Å². The van der Waals surface area contributed by atoms with Gasteiger partial charge >= 0.3 is 6.36 Å². The molecule has 1 aromatic carbocycles. The fourth-order valence-corrected chi connectivity index (χ4v) is 5.47. The van der Waals surface area contributed by atoms with Crippen LogP contribution in [-0.2, 0) is 10.0 Å². The van der Waals surface area contributed by atoms with Crippen molar-refractivity contribution in [2.45, 2.75) is 48.5 Å². The van der Waals surface area contributed by atoms with Gasteiger partial charge < -0.3 is 15.0 Å². The van der Waals surface area contributed by atoms with Gasteiger partial charge in [0.1, 0.15) is 28.6 Å². The second kappa shape index (κ2) is 10.9. The largest absolute Gasteiger partial charge is 0.573 e. The fraction of sp³-hybridized carbons (Fsp3) is 0.375. The number of nitrogens with zero attached hydrogens (tertiary/aromatic N) is 4. The molecule has 3 atom stereocenters. The first kappa shape index (κ1) is 26.6. The predicted octanol–water partition coefficient (Wildman–Crippen LogP) is 4.25. The van der Waals surface area contributed by atoms with Crippen LogP contribution in [0.4, 0.5) is 24.8 Å².